The summed E-state index contributed by atoms with van der Waals surface area (Å²) in [6, 6.07) is 2.85. The van der Waals surface area contributed by atoms with E-state index in [0.29, 0.717) is 6.07 Å². The molecule has 2 rings (SSSR count). The summed E-state index contributed by atoms with van der Waals surface area (Å²) in [5, 5.41) is 1.61. The van der Waals surface area contributed by atoms with Gasteiger partial charge in [-0.2, -0.15) is 0 Å². The van der Waals surface area contributed by atoms with E-state index in [9.17, 15) is 22.8 Å². The number of nitrogens with zero attached hydrogens (tertiary/aromatic N) is 1. The average Bonchev–Trinajstić information content (AvgIpc) is 2.47. The Bertz CT molecular complexity index is 766. The third kappa shape index (κ3) is 3.67. The fourth-order valence-corrected chi connectivity index (χ4v) is 2.27. The van der Waals surface area contributed by atoms with Gasteiger partial charge in [0.05, 0.1) is 10.9 Å². The van der Waals surface area contributed by atoms with Crippen molar-refractivity contribution in [2.24, 2.45) is 0 Å². The molecule has 9 heteroatoms. The van der Waals surface area contributed by atoms with Gasteiger partial charge in [0.15, 0.2) is 22.6 Å². The highest BCUT2D eigenvalue weighted by molar-refractivity contribution is 8.00. The minimum atomic E-state index is -1.66. The fraction of sp³-hybridized carbons (Fsp3) is 0.154. The number of thioether (sulfide) groups is 1. The van der Waals surface area contributed by atoms with Crippen molar-refractivity contribution in [2.45, 2.75) is 17.3 Å². The Morgan fingerprint density at radius 1 is 1.27 bits per heavy atom. The Morgan fingerprint density at radius 2 is 2.00 bits per heavy atom. The lowest BCUT2D eigenvalue weighted by Crippen LogP contribution is -2.24. The molecular weight excluding hydrogens is 319 g/mol. The molecule has 0 spiro atoms. The maximum atomic E-state index is 13.5. The fourth-order valence-electron chi connectivity index (χ4n) is 1.49. The Morgan fingerprint density at radius 3 is 2.68 bits per heavy atom. The first kappa shape index (κ1) is 16.1. The van der Waals surface area contributed by atoms with Crippen molar-refractivity contribution in [3.63, 3.8) is 0 Å². The smallest absolute Gasteiger partial charge is 0.251 e. The van der Waals surface area contributed by atoms with E-state index in [4.69, 9.17) is 0 Å². The van der Waals surface area contributed by atoms with Crippen LogP contribution in [0, 0.1) is 17.5 Å². The number of benzene rings is 1. The molecule has 1 aromatic heterocycles. The molecule has 0 radical (unpaired) electrons. The van der Waals surface area contributed by atoms with E-state index in [-0.39, 0.29) is 10.7 Å². The predicted molar refractivity (Wildman–Crippen MR) is 75.1 cm³/mol. The van der Waals surface area contributed by atoms with Gasteiger partial charge in [0.2, 0.25) is 5.91 Å². The van der Waals surface area contributed by atoms with Crippen LogP contribution in [0.3, 0.4) is 0 Å². The van der Waals surface area contributed by atoms with Crippen molar-refractivity contribution >= 4 is 23.4 Å². The summed E-state index contributed by atoms with van der Waals surface area (Å²) in [5.74, 6) is -5.13. The maximum absolute atomic E-state index is 13.5. The van der Waals surface area contributed by atoms with Crippen molar-refractivity contribution in [1.29, 1.82) is 0 Å². The highest BCUT2D eigenvalue weighted by Crippen LogP contribution is 2.22. The molecule has 0 saturated heterocycles. The lowest BCUT2D eigenvalue weighted by molar-refractivity contribution is -0.115. The number of H-pyrrole nitrogens is 1. The Hall–Kier alpha value is -2.29. The molecule has 116 valence electrons. The second-order valence-electron chi connectivity index (χ2n) is 4.21. The number of anilines is 1. The predicted octanol–water partition coefficient (Wildman–Crippen LogP) is 2.31. The molecule has 5 nitrogen and oxygen atoms in total. The van der Waals surface area contributed by atoms with Gasteiger partial charge < -0.3 is 10.3 Å². The molecular formula is C13H10F3N3O2S. The number of aromatic amines is 1. The lowest BCUT2D eigenvalue weighted by atomic mass is 10.2. The van der Waals surface area contributed by atoms with E-state index < -0.39 is 34.3 Å². The van der Waals surface area contributed by atoms with E-state index in [1.54, 1.807) is 0 Å². The van der Waals surface area contributed by atoms with E-state index in [1.165, 1.54) is 19.2 Å². The molecule has 1 heterocycles. The summed E-state index contributed by atoms with van der Waals surface area (Å²) in [7, 11) is 0. The number of carbonyl (C=O) groups is 1. The van der Waals surface area contributed by atoms with Gasteiger partial charge in [-0.1, -0.05) is 11.8 Å². The van der Waals surface area contributed by atoms with Gasteiger partial charge in [0, 0.05) is 12.3 Å². The maximum Gasteiger partial charge on any atom is 0.251 e. The highest BCUT2D eigenvalue weighted by atomic mass is 32.2. The molecule has 22 heavy (non-hydrogen) atoms. The third-order valence-corrected chi connectivity index (χ3v) is 3.60. The van der Waals surface area contributed by atoms with Crippen LogP contribution in [0.4, 0.5) is 18.9 Å². The summed E-state index contributed by atoms with van der Waals surface area (Å²) in [5.41, 5.74) is -0.845. The van der Waals surface area contributed by atoms with Crippen molar-refractivity contribution in [3.8, 4) is 0 Å². The quantitative estimate of drug-likeness (QED) is 0.513. The standard InChI is InChI=1S/C13H10F3N3O2S/c1-6(22-13-17-5-4-9(20)19-13)12(21)18-8-3-2-7(14)10(15)11(8)16/h2-6H,1H3,(H,18,21)(H,17,19,20)/t6-/m0/s1. The van der Waals surface area contributed by atoms with E-state index in [0.717, 1.165) is 17.8 Å². The Labute approximate surface area is 127 Å². The zero-order valence-electron chi connectivity index (χ0n) is 11.2. The van der Waals surface area contributed by atoms with E-state index in [1.807, 2.05) is 0 Å². The molecule has 1 atom stereocenters. The molecule has 1 amide bonds. The molecule has 2 N–H and O–H groups in total. The zero-order chi connectivity index (χ0) is 16.3. The summed E-state index contributed by atoms with van der Waals surface area (Å²) in [4.78, 5) is 29.3. The van der Waals surface area contributed by atoms with Crippen LogP contribution < -0.4 is 10.9 Å². The van der Waals surface area contributed by atoms with E-state index in [2.05, 4.69) is 15.3 Å². The second kappa shape index (κ2) is 6.65. The highest BCUT2D eigenvalue weighted by Gasteiger charge is 2.19. The van der Waals surface area contributed by atoms with Crippen LogP contribution >= 0.6 is 11.8 Å². The van der Waals surface area contributed by atoms with Crippen LogP contribution in [0.2, 0.25) is 0 Å². The molecule has 0 saturated carbocycles. The molecule has 0 bridgehead atoms. The van der Waals surface area contributed by atoms with Gasteiger partial charge >= 0.3 is 0 Å². The number of amides is 1. The summed E-state index contributed by atoms with van der Waals surface area (Å²) in [6.45, 7) is 1.49. The minimum Gasteiger partial charge on any atom is -0.323 e. The molecule has 1 aromatic carbocycles. The van der Waals surface area contributed by atoms with Gasteiger partial charge in [0.1, 0.15) is 0 Å². The van der Waals surface area contributed by atoms with Gasteiger partial charge in [-0.3, -0.25) is 9.59 Å². The summed E-state index contributed by atoms with van der Waals surface area (Å²) >= 11 is 0.929. The first-order valence-electron chi connectivity index (χ1n) is 6.05. The number of hydrogen-bond donors (Lipinski definition) is 2. The summed E-state index contributed by atoms with van der Waals surface area (Å²) < 4.78 is 39.4. The number of aromatic nitrogens is 2. The largest absolute Gasteiger partial charge is 0.323 e. The molecule has 0 unspecified atom stereocenters. The number of hydrogen-bond acceptors (Lipinski definition) is 4. The molecule has 0 fully saturated rings. The Balaban J connectivity index is 2.09. The Kier molecular flexibility index (Phi) is 4.86. The van der Waals surface area contributed by atoms with Crippen LogP contribution in [0.25, 0.3) is 0 Å². The molecule has 0 aliphatic rings. The third-order valence-electron chi connectivity index (χ3n) is 2.60. The van der Waals surface area contributed by atoms with Crippen LogP contribution in [0.15, 0.2) is 34.3 Å². The van der Waals surface area contributed by atoms with Gasteiger partial charge in [0.25, 0.3) is 5.56 Å². The van der Waals surface area contributed by atoms with Crippen LogP contribution in [-0.2, 0) is 4.79 Å². The van der Waals surface area contributed by atoms with Crippen LogP contribution in [-0.4, -0.2) is 21.1 Å². The van der Waals surface area contributed by atoms with Crippen molar-refractivity contribution in [3.05, 3.63) is 52.2 Å². The van der Waals surface area contributed by atoms with Crippen molar-refractivity contribution in [2.75, 3.05) is 5.32 Å². The summed E-state index contributed by atoms with van der Waals surface area (Å²) in [6.07, 6.45) is 1.28. The first-order valence-corrected chi connectivity index (χ1v) is 6.93. The zero-order valence-corrected chi connectivity index (χ0v) is 12.0. The first-order chi connectivity index (χ1) is 10.4. The number of carbonyl (C=O) groups excluding carboxylic acids is 1. The lowest BCUT2D eigenvalue weighted by Gasteiger charge is -2.12. The number of halogens is 3. The van der Waals surface area contributed by atoms with Crippen molar-refractivity contribution < 1.29 is 18.0 Å². The van der Waals surface area contributed by atoms with E-state index >= 15 is 0 Å². The second-order valence-corrected chi connectivity index (χ2v) is 5.54. The molecule has 0 aliphatic carbocycles. The van der Waals surface area contributed by atoms with Crippen LogP contribution in [0.5, 0.6) is 0 Å². The SMILES string of the molecule is C[C@H](Sc1nccc(=O)[nH]1)C(=O)Nc1ccc(F)c(F)c1F. The molecule has 2 aromatic rings. The number of nitrogens with one attached hydrogen (secondary N) is 2. The van der Waals surface area contributed by atoms with Crippen LogP contribution in [0.1, 0.15) is 6.92 Å². The monoisotopic (exact) mass is 329 g/mol. The molecule has 0 aliphatic heterocycles. The average molecular weight is 329 g/mol. The number of rotatable bonds is 4. The normalized spacial score (nSPS) is 12.0. The van der Waals surface area contributed by atoms with Gasteiger partial charge in [-0.15, -0.1) is 0 Å². The topological polar surface area (TPSA) is 74.8 Å². The van der Waals surface area contributed by atoms with Crippen molar-refractivity contribution in [1.82, 2.24) is 9.97 Å². The van der Waals surface area contributed by atoms with Gasteiger partial charge in [-0.25, -0.2) is 18.2 Å². The van der Waals surface area contributed by atoms with Gasteiger partial charge in [-0.05, 0) is 19.1 Å². The minimum absolute atomic E-state index is 0.209.